The molecule has 5 rings (SSSR count). The SMILES string of the molecule is COc1ccc(S(=O)(=O)N2C(=O)C(c3ccccc3OC)(N3C[C@H](O)C[C@H]3C(=O)O)c3cc(C#N)ccc32)cc1. The number of likely N-dealkylation sites (tertiary alicyclic amines) is 1. The maximum atomic E-state index is 14.8. The van der Waals surface area contributed by atoms with Gasteiger partial charge < -0.3 is 19.7 Å². The van der Waals surface area contributed by atoms with E-state index < -0.39 is 39.6 Å². The highest BCUT2D eigenvalue weighted by Crippen LogP contribution is 2.54. The zero-order valence-corrected chi connectivity index (χ0v) is 22.3. The minimum absolute atomic E-state index is 0.0451. The Kier molecular flexibility index (Phi) is 6.75. The summed E-state index contributed by atoms with van der Waals surface area (Å²) in [5, 5.41) is 30.5. The Bertz CT molecular complexity index is 1650. The summed E-state index contributed by atoms with van der Waals surface area (Å²) in [4.78, 5) is 28.4. The summed E-state index contributed by atoms with van der Waals surface area (Å²) in [5.41, 5.74) is -1.74. The predicted molar refractivity (Wildman–Crippen MR) is 141 cm³/mol. The average Bonchev–Trinajstić information content (AvgIpc) is 3.48. The lowest BCUT2D eigenvalue weighted by Gasteiger charge is -2.40. The molecule has 12 heteroatoms. The Hall–Kier alpha value is -4.44. The van der Waals surface area contributed by atoms with Crippen LogP contribution in [0.2, 0.25) is 0 Å². The zero-order chi connectivity index (χ0) is 28.8. The number of carbonyl (C=O) groups is 2. The number of aliphatic hydroxyl groups is 1. The first-order valence-corrected chi connectivity index (χ1v) is 13.6. The Morgan fingerprint density at radius 2 is 1.75 bits per heavy atom. The number of hydrogen-bond acceptors (Lipinski definition) is 9. The molecule has 2 N–H and O–H groups in total. The number of carbonyl (C=O) groups excluding carboxylic acids is 1. The first-order chi connectivity index (χ1) is 19.1. The number of carboxylic acids is 1. The smallest absolute Gasteiger partial charge is 0.321 e. The second-order valence-corrected chi connectivity index (χ2v) is 11.2. The van der Waals surface area contributed by atoms with Crippen molar-refractivity contribution in [1.29, 1.82) is 5.26 Å². The average molecular weight is 564 g/mol. The summed E-state index contributed by atoms with van der Waals surface area (Å²) < 4.78 is 39.6. The Morgan fingerprint density at radius 3 is 2.38 bits per heavy atom. The van der Waals surface area contributed by atoms with E-state index >= 15 is 0 Å². The van der Waals surface area contributed by atoms with Gasteiger partial charge in [-0.15, -0.1) is 0 Å². The van der Waals surface area contributed by atoms with Crippen molar-refractivity contribution >= 4 is 27.6 Å². The van der Waals surface area contributed by atoms with Gasteiger partial charge in [-0.25, -0.2) is 12.7 Å². The molecule has 1 saturated heterocycles. The van der Waals surface area contributed by atoms with Gasteiger partial charge >= 0.3 is 5.97 Å². The van der Waals surface area contributed by atoms with Crippen molar-refractivity contribution in [2.24, 2.45) is 0 Å². The molecular weight excluding hydrogens is 538 g/mol. The highest BCUT2D eigenvalue weighted by Gasteiger charge is 2.63. The van der Waals surface area contributed by atoms with Crippen LogP contribution in [-0.2, 0) is 25.2 Å². The molecule has 2 aliphatic heterocycles. The zero-order valence-electron chi connectivity index (χ0n) is 21.5. The first kappa shape index (κ1) is 27.1. The lowest BCUT2D eigenvalue weighted by molar-refractivity contribution is -0.145. The predicted octanol–water partition coefficient (Wildman–Crippen LogP) is 2.07. The Morgan fingerprint density at radius 1 is 1.05 bits per heavy atom. The molecule has 0 spiro atoms. The van der Waals surface area contributed by atoms with Gasteiger partial charge in [0.25, 0.3) is 15.9 Å². The number of nitrogens with zero attached hydrogens (tertiary/aromatic N) is 3. The number of aliphatic carboxylic acids is 1. The van der Waals surface area contributed by atoms with Crippen LogP contribution in [-0.4, -0.2) is 68.3 Å². The molecule has 3 aromatic carbocycles. The third-order valence-corrected chi connectivity index (χ3v) is 9.03. The van der Waals surface area contributed by atoms with Crippen LogP contribution in [0.15, 0.2) is 71.6 Å². The van der Waals surface area contributed by atoms with Gasteiger partial charge in [0, 0.05) is 24.1 Å². The van der Waals surface area contributed by atoms with Gasteiger partial charge in [0.05, 0.1) is 42.5 Å². The van der Waals surface area contributed by atoms with E-state index in [1.807, 2.05) is 6.07 Å². The van der Waals surface area contributed by atoms with Crippen molar-refractivity contribution in [3.63, 3.8) is 0 Å². The molecule has 206 valence electrons. The van der Waals surface area contributed by atoms with Crippen molar-refractivity contribution < 1.29 is 37.7 Å². The first-order valence-electron chi connectivity index (χ1n) is 12.2. The molecule has 2 aliphatic rings. The molecule has 40 heavy (non-hydrogen) atoms. The topological polar surface area (TPSA) is 157 Å². The van der Waals surface area contributed by atoms with Crippen LogP contribution in [0, 0.1) is 11.3 Å². The summed E-state index contributed by atoms with van der Waals surface area (Å²) in [6.45, 7) is -0.257. The highest BCUT2D eigenvalue weighted by atomic mass is 32.2. The fraction of sp³-hybridized carbons (Fsp3) is 0.250. The molecule has 0 aliphatic carbocycles. The molecule has 3 aromatic rings. The van der Waals surface area contributed by atoms with E-state index in [0.717, 1.165) is 0 Å². The summed E-state index contributed by atoms with van der Waals surface area (Å²) in [6.07, 6.45) is -1.31. The van der Waals surface area contributed by atoms with Crippen molar-refractivity contribution in [3.05, 3.63) is 83.4 Å². The fourth-order valence-corrected chi connectivity index (χ4v) is 7.05. The molecule has 1 fully saturated rings. The van der Waals surface area contributed by atoms with Crippen molar-refractivity contribution in [1.82, 2.24) is 4.90 Å². The molecule has 0 saturated carbocycles. The van der Waals surface area contributed by atoms with Crippen LogP contribution >= 0.6 is 0 Å². The van der Waals surface area contributed by atoms with E-state index in [9.17, 15) is 33.5 Å². The molecule has 2 heterocycles. The number of methoxy groups -OCH3 is 2. The Balaban J connectivity index is 1.87. The van der Waals surface area contributed by atoms with Gasteiger partial charge in [-0.1, -0.05) is 18.2 Å². The summed E-state index contributed by atoms with van der Waals surface area (Å²) >= 11 is 0. The number of hydrogen-bond donors (Lipinski definition) is 2. The summed E-state index contributed by atoms with van der Waals surface area (Å²) in [6, 6.07) is 16.6. The number of benzene rings is 3. The highest BCUT2D eigenvalue weighted by molar-refractivity contribution is 7.93. The lowest BCUT2D eigenvalue weighted by Crippen LogP contribution is -2.58. The van der Waals surface area contributed by atoms with E-state index in [1.165, 1.54) is 61.6 Å². The number of rotatable bonds is 7. The molecule has 1 unspecified atom stereocenters. The second kappa shape index (κ2) is 9.95. The number of aliphatic hydroxyl groups excluding tert-OH is 1. The Labute approximate surface area is 230 Å². The van der Waals surface area contributed by atoms with Crippen LogP contribution in [0.3, 0.4) is 0 Å². The third kappa shape index (κ3) is 3.90. The third-order valence-electron chi connectivity index (χ3n) is 7.32. The number of sulfonamides is 1. The maximum Gasteiger partial charge on any atom is 0.321 e. The van der Waals surface area contributed by atoms with Crippen LogP contribution in [0.5, 0.6) is 11.5 Å². The minimum atomic E-state index is -4.56. The van der Waals surface area contributed by atoms with Crippen LogP contribution in [0.25, 0.3) is 0 Å². The van der Waals surface area contributed by atoms with Crippen molar-refractivity contribution in [2.75, 3.05) is 25.1 Å². The largest absolute Gasteiger partial charge is 0.497 e. The number of ether oxygens (including phenoxy) is 2. The number of carboxylic acid groups (broad SMARTS) is 1. The van der Waals surface area contributed by atoms with Crippen molar-refractivity contribution in [2.45, 2.75) is 29.0 Å². The van der Waals surface area contributed by atoms with Gasteiger partial charge in [-0.2, -0.15) is 5.26 Å². The van der Waals surface area contributed by atoms with Gasteiger partial charge in [0.2, 0.25) is 0 Å². The molecule has 0 bridgehead atoms. The van der Waals surface area contributed by atoms with Crippen LogP contribution in [0.1, 0.15) is 23.1 Å². The molecule has 0 aromatic heterocycles. The van der Waals surface area contributed by atoms with Crippen LogP contribution in [0.4, 0.5) is 5.69 Å². The standard InChI is InChI=1S/C28H25N3O8S/c1-38-19-8-10-20(11-9-19)40(36,37)31-23-12-7-17(15-29)13-22(23)28(27(31)35,21-5-3-4-6-25(21)39-2)30-16-18(32)14-24(30)26(33)34/h3-13,18,24,32H,14,16H2,1-2H3,(H,33,34)/t18-,24+,28?/m1/s1. The van der Waals surface area contributed by atoms with E-state index in [2.05, 4.69) is 0 Å². The van der Waals surface area contributed by atoms with E-state index in [0.29, 0.717) is 10.1 Å². The number of amides is 1. The van der Waals surface area contributed by atoms with Crippen LogP contribution < -0.4 is 13.8 Å². The van der Waals surface area contributed by atoms with E-state index in [-0.39, 0.29) is 46.0 Å². The van der Waals surface area contributed by atoms with Gasteiger partial charge in [-0.3, -0.25) is 14.5 Å². The fourth-order valence-electron chi connectivity index (χ4n) is 5.59. The number of para-hydroxylation sites is 1. The molecule has 0 radical (unpaired) electrons. The number of β-amino-alcohol motifs (C(OH)–C–C–N with tert-alkyl or cyclic N) is 1. The quantitative estimate of drug-likeness (QED) is 0.436. The molecule has 1 amide bonds. The van der Waals surface area contributed by atoms with Gasteiger partial charge in [0.15, 0.2) is 5.54 Å². The normalized spacial score (nSPS) is 22.6. The molecular formula is C28H25N3O8S. The number of anilines is 1. The van der Waals surface area contributed by atoms with Gasteiger partial charge in [-0.05, 0) is 48.5 Å². The second-order valence-electron chi connectivity index (χ2n) is 9.40. The number of nitriles is 1. The maximum absolute atomic E-state index is 14.8. The molecule has 3 atom stereocenters. The van der Waals surface area contributed by atoms with E-state index in [1.54, 1.807) is 24.3 Å². The molecule has 11 nitrogen and oxygen atoms in total. The van der Waals surface area contributed by atoms with Gasteiger partial charge in [0.1, 0.15) is 17.5 Å². The van der Waals surface area contributed by atoms with E-state index in [4.69, 9.17) is 9.47 Å². The monoisotopic (exact) mass is 563 g/mol. The summed E-state index contributed by atoms with van der Waals surface area (Å²) in [5.74, 6) is -1.69. The number of fused-ring (bicyclic) bond motifs is 1. The van der Waals surface area contributed by atoms with Crippen molar-refractivity contribution in [3.8, 4) is 17.6 Å². The summed E-state index contributed by atoms with van der Waals surface area (Å²) in [7, 11) is -1.75. The minimum Gasteiger partial charge on any atom is -0.497 e. The lowest BCUT2D eigenvalue weighted by atomic mass is 9.80.